The summed E-state index contributed by atoms with van der Waals surface area (Å²) in [5.74, 6) is 0.192. The van der Waals surface area contributed by atoms with E-state index in [2.05, 4.69) is 23.8 Å². The van der Waals surface area contributed by atoms with Gasteiger partial charge >= 0.3 is 0 Å². The third-order valence-corrected chi connectivity index (χ3v) is 5.33. The zero-order valence-electron chi connectivity index (χ0n) is 14.2. The predicted molar refractivity (Wildman–Crippen MR) is 85.3 cm³/mol. The van der Waals surface area contributed by atoms with Crippen LogP contribution >= 0.6 is 0 Å². The van der Waals surface area contributed by atoms with Crippen LogP contribution in [0.4, 0.5) is 0 Å². The van der Waals surface area contributed by atoms with Gasteiger partial charge in [-0.05, 0) is 46.7 Å². The summed E-state index contributed by atoms with van der Waals surface area (Å²) in [6.45, 7) is 8.33. The molecular weight excluding hydrogens is 264 g/mol. The summed E-state index contributed by atoms with van der Waals surface area (Å²) in [5, 5.41) is 0. The van der Waals surface area contributed by atoms with Crippen LogP contribution in [0.2, 0.25) is 0 Å². The maximum atomic E-state index is 12.7. The van der Waals surface area contributed by atoms with Crippen molar-refractivity contribution in [2.75, 3.05) is 26.7 Å². The molecular formula is C17H32N2O2. The Morgan fingerprint density at radius 3 is 2.57 bits per heavy atom. The van der Waals surface area contributed by atoms with E-state index in [9.17, 15) is 4.79 Å². The maximum Gasteiger partial charge on any atom is 0.249 e. The molecule has 0 N–H and O–H groups in total. The number of ether oxygens (including phenoxy) is 1. The maximum absolute atomic E-state index is 12.7. The standard InChI is InChI=1S/C17H32N2O2/c1-5-18(4)15-11-17(9-7-6-8-10-17)19(12-15)16(20)13-21-14(2)3/h14-15H,5-13H2,1-4H3. The molecule has 21 heavy (non-hydrogen) atoms. The van der Waals surface area contributed by atoms with Gasteiger partial charge in [-0.25, -0.2) is 0 Å². The van der Waals surface area contributed by atoms with Crippen LogP contribution in [0.1, 0.15) is 59.3 Å². The van der Waals surface area contributed by atoms with Gasteiger partial charge in [0.05, 0.1) is 6.10 Å². The first-order valence-electron chi connectivity index (χ1n) is 8.61. The van der Waals surface area contributed by atoms with Gasteiger partial charge in [0.25, 0.3) is 0 Å². The minimum absolute atomic E-state index is 0.115. The topological polar surface area (TPSA) is 32.8 Å². The van der Waals surface area contributed by atoms with Gasteiger partial charge in [-0.2, -0.15) is 0 Å². The van der Waals surface area contributed by atoms with Gasteiger partial charge in [0.1, 0.15) is 6.61 Å². The van der Waals surface area contributed by atoms with Crippen LogP contribution in [0, 0.1) is 0 Å². The number of likely N-dealkylation sites (N-methyl/N-ethyl adjacent to an activating group) is 1. The molecule has 122 valence electrons. The van der Waals surface area contributed by atoms with Gasteiger partial charge in [-0.15, -0.1) is 0 Å². The fourth-order valence-electron chi connectivity index (χ4n) is 3.94. The number of hydrogen-bond donors (Lipinski definition) is 0. The molecule has 1 amide bonds. The highest BCUT2D eigenvalue weighted by Crippen LogP contribution is 2.42. The first-order valence-corrected chi connectivity index (χ1v) is 8.61. The number of carbonyl (C=O) groups excluding carboxylic acids is 1. The van der Waals surface area contributed by atoms with Crippen molar-refractivity contribution < 1.29 is 9.53 Å². The van der Waals surface area contributed by atoms with Crippen LogP contribution in [-0.2, 0) is 9.53 Å². The zero-order chi connectivity index (χ0) is 15.5. The fourth-order valence-corrected chi connectivity index (χ4v) is 3.94. The Kier molecular flexibility index (Phi) is 5.67. The van der Waals surface area contributed by atoms with E-state index in [4.69, 9.17) is 4.74 Å². The Hall–Kier alpha value is -0.610. The van der Waals surface area contributed by atoms with E-state index in [1.54, 1.807) is 0 Å². The van der Waals surface area contributed by atoms with Crippen molar-refractivity contribution in [3.8, 4) is 0 Å². The molecule has 2 aliphatic rings. The molecule has 0 aromatic heterocycles. The lowest BCUT2D eigenvalue weighted by Crippen LogP contribution is -2.50. The predicted octanol–water partition coefficient (Wildman–Crippen LogP) is 2.67. The van der Waals surface area contributed by atoms with Gasteiger partial charge in [-0.3, -0.25) is 4.79 Å². The van der Waals surface area contributed by atoms with Crippen LogP contribution in [0.15, 0.2) is 0 Å². The number of nitrogens with zero attached hydrogens (tertiary/aromatic N) is 2. The first-order chi connectivity index (χ1) is 9.98. The lowest BCUT2D eigenvalue weighted by molar-refractivity contribution is -0.143. The largest absolute Gasteiger partial charge is 0.369 e. The Labute approximate surface area is 129 Å². The monoisotopic (exact) mass is 296 g/mol. The summed E-state index contributed by atoms with van der Waals surface area (Å²) in [6, 6.07) is 0.510. The van der Waals surface area contributed by atoms with Crippen molar-refractivity contribution in [3.63, 3.8) is 0 Å². The SMILES string of the molecule is CCN(C)C1CN(C(=O)COC(C)C)C2(CCCCC2)C1. The highest BCUT2D eigenvalue weighted by molar-refractivity contribution is 5.79. The van der Waals surface area contributed by atoms with E-state index in [1.807, 2.05) is 13.8 Å². The molecule has 1 heterocycles. The van der Waals surface area contributed by atoms with Gasteiger partial charge < -0.3 is 14.5 Å². The van der Waals surface area contributed by atoms with Gasteiger partial charge in [0, 0.05) is 18.1 Å². The summed E-state index contributed by atoms with van der Waals surface area (Å²) in [4.78, 5) is 17.2. The van der Waals surface area contributed by atoms with E-state index in [-0.39, 0.29) is 24.2 Å². The van der Waals surface area contributed by atoms with Crippen LogP contribution in [-0.4, -0.2) is 60.1 Å². The van der Waals surface area contributed by atoms with Crippen LogP contribution < -0.4 is 0 Å². The molecule has 0 radical (unpaired) electrons. The van der Waals surface area contributed by atoms with Crippen molar-refractivity contribution in [1.82, 2.24) is 9.80 Å². The summed E-state index contributed by atoms with van der Waals surface area (Å²) >= 11 is 0. The smallest absolute Gasteiger partial charge is 0.249 e. The van der Waals surface area contributed by atoms with E-state index in [0.29, 0.717) is 6.04 Å². The van der Waals surface area contributed by atoms with Crippen molar-refractivity contribution in [2.24, 2.45) is 0 Å². The van der Waals surface area contributed by atoms with Crippen molar-refractivity contribution >= 4 is 5.91 Å². The second-order valence-corrected chi connectivity index (χ2v) is 7.08. The molecule has 0 aromatic rings. The number of likely N-dealkylation sites (tertiary alicyclic amines) is 1. The normalized spacial score (nSPS) is 25.2. The molecule has 1 atom stereocenters. The molecule has 4 heteroatoms. The van der Waals surface area contributed by atoms with Crippen molar-refractivity contribution in [3.05, 3.63) is 0 Å². The summed E-state index contributed by atoms with van der Waals surface area (Å²) in [5.41, 5.74) is 0.115. The molecule has 1 aliphatic carbocycles. The lowest BCUT2D eigenvalue weighted by atomic mass is 9.79. The Morgan fingerprint density at radius 2 is 2.00 bits per heavy atom. The zero-order valence-corrected chi connectivity index (χ0v) is 14.2. The molecule has 4 nitrogen and oxygen atoms in total. The highest BCUT2D eigenvalue weighted by Gasteiger charge is 2.48. The Bertz CT molecular complexity index is 351. The quantitative estimate of drug-likeness (QED) is 0.782. The average Bonchev–Trinajstić information content (AvgIpc) is 2.83. The molecule has 1 saturated carbocycles. The van der Waals surface area contributed by atoms with Gasteiger partial charge in [-0.1, -0.05) is 26.2 Å². The summed E-state index contributed by atoms with van der Waals surface area (Å²) in [6.07, 6.45) is 7.45. The molecule has 1 aliphatic heterocycles. The minimum atomic E-state index is 0.115. The van der Waals surface area contributed by atoms with Crippen LogP contribution in [0.3, 0.4) is 0 Å². The van der Waals surface area contributed by atoms with Crippen molar-refractivity contribution in [2.45, 2.75) is 77.0 Å². The molecule has 1 saturated heterocycles. The molecule has 1 unspecified atom stereocenters. The first kappa shape index (κ1) is 16.8. The van der Waals surface area contributed by atoms with Gasteiger partial charge in [0.15, 0.2) is 0 Å². The molecule has 0 aromatic carbocycles. The number of carbonyl (C=O) groups is 1. The lowest BCUT2D eigenvalue weighted by Gasteiger charge is -2.41. The molecule has 2 fully saturated rings. The van der Waals surface area contributed by atoms with Crippen LogP contribution in [0.25, 0.3) is 0 Å². The average molecular weight is 296 g/mol. The van der Waals surface area contributed by atoms with Crippen molar-refractivity contribution in [1.29, 1.82) is 0 Å². The summed E-state index contributed by atoms with van der Waals surface area (Å²) in [7, 11) is 2.18. The van der Waals surface area contributed by atoms with Gasteiger partial charge in [0.2, 0.25) is 5.91 Å². The third-order valence-electron chi connectivity index (χ3n) is 5.33. The number of rotatable bonds is 5. The highest BCUT2D eigenvalue weighted by atomic mass is 16.5. The second kappa shape index (κ2) is 7.10. The van der Waals surface area contributed by atoms with E-state index < -0.39 is 0 Å². The van der Waals surface area contributed by atoms with Crippen LogP contribution in [0.5, 0.6) is 0 Å². The summed E-state index contributed by atoms with van der Waals surface area (Å²) < 4.78 is 5.57. The van der Waals surface area contributed by atoms with E-state index >= 15 is 0 Å². The molecule has 1 spiro atoms. The molecule has 0 bridgehead atoms. The second-order valence-electron chi connectivity index (χ2n) is 7.08. The third kappa shape index (κ3) is 3.78. The number of amides is 1. The minimum Gasteiger partial charge on any atom is -0.369 e. The van der Waals surface area contributed by atoms with E-state index in [0.717, 1.165) is 19.5 Å². The Morgan fingerprint density at radius 1 is 1.33 bits per heavy atom. The Balaban J connectivity index is 2.09. The fraction of sp³-hybridized carbons (Fsp3) is 0.941. The van der Waals surface area contributed by atoms with E-state index in [1.165, 1.54) is 32.1 Å². The molecule has 2 rings (SSSR count). The number of hydrogen-bond acceptors (Lipinski definition) is 3.